The second kappa shape index (κ2) is 4.20. The van der Waals surface area contributed by atoms with Crippen LogP contribution in [0, 0.1) is 11.3 Å². The molecule has 0 bridgehead atoms. The van der Waals surface area contributed by atoms with E-state index in [9.17, 15) is 4.79 Å². The third-order valence-electron chi connectivity index (χ3n) is 4.45. The molecule has 96 valence electrons. The van der Waals surface area contributed by atoms with Crippen molar-refractivity contribution in [1.82, 2.24) is 4.90 Å². The molecule has 2 aliphatic carbocycles. The van der Waals surface area contributed by atoms with Gasteiger partial charge >= 0.3 is 0 Å². The van der Waals surface area contributed by atoms with Gasteiger partial charge in [0.15, 0.2) is 5.84 Å². The Labute approximate surface area is 102 Å². The van der Waals surface area contributed by atoms with Crippen molar-refractivity contribution in [1.29, 1.82) is 0 Å². The maximum atomic E-state index is 12.5. The summed E-state index contributed by atoms with van der Waals surface area (Å²) in [5.74, 6) is 0.718. The highest BCUT2D eigenvalue weighted by Gasteiger charge is 2.51. The van der Waals surface area contributed by atoms with E-state index in [2.05, 4.69) is 12.1 Å². The summed E-state index contributed by atoms with van der Waals surface area (Å²) >= 11 is 0. The van der Waals surface area contributed by atoms with E-state index < -0.39 is 5.41 Å². The number of hydrogen-bond donors (Lipinski definition) is 2. The van der Waals surface area contributed by atoms with Crippen LogP contribution in [0.5, 0.6) is 0 Å². The third-order valence-corrected chi connectivity index (χ3v) is 4.45. The van der Waals surface area contributed by atoms with Crippen molar-refractivity contribution in [3.63, 3.8) is 0 Å². The minimum absolute atomic E-state index is 0.0125. The summed E-state index contributed by atoms with van der Waals surface area (Å²) in [5, 5.41) is 11.9. The molecule has 0 aromatic rings. The lowest BCUT2D eigenvalue weighted by molar-refractivity contribution is -0.143. The first-order valence-electron chi connectivity index (χ1n) is 6.28. The molecule has 5 heteroatoms. The van der Waals surface area contributed by atoms with E-state index in [0.29, 0.717) is 18.8 Å². The van der Waals surface area contributed by atoms with Gasteiger partial charge in [0.1, 0.15) is 5.41 Å². The molecule has 2 rings (SSSR count). The van der Waals surface area contributed by atoms with Gasteiger partial charge in [-0.1, -0.05) is 11.6 Å². The van der Waals surface area contributed by atoms with Crippen LogP contribution in [0.4, 0.5) is 0 Å². The predicted molar refractivity (Wildman–Crippen MR) is 64.6 cm³/mol. The Morgan fingerprint density at radius 3 is 2.47 bits per heavy atom. The van der Waals surface area contributed by atoms with Crippen LogP contribution < -0.4 is 5.73 Å². The van der Waals surface area contributed by atoms with E-state index in [1.807, 2.05) is 7.05 Å². The van der Waals surface area contributed by atoms with Crippen molar-refractivity contribution in [3.05, 3.63) is 0 Å². The number of oxime groups is 1. The van der Waals surface area contributed by atoms with E-state index in [4.69, 9.17) is 10.9 Å². The smallest absolute Gasteiger partial charge is 0.236 e. The molecule has 2 aliphatic rings. The fourth-order valence-corrected chi connectivity index (χ4v) is 2.62. The monoisotopic (exact) mass is 239 g/mol. The van der Waals surface area contributed by atoms with Crippen LogP contribution in [0.3, 0.4) is 0 Å². The molecule has 17 heavy (non-hydrogen) atoms. The molecule has 3 N–H and O–H groups in total. The number of carbonyl (C=O) groups is 1. The van der Waals surface area contributed by atoms with Gasteiger partial charge in [0.25, 0.3) is 0 Å². The molecule has 2 fully saturated rings. The zero-order valence-corrected chi connectivity index (χ0v) is 10.5. The van der Waals surface area contributed by atoms with E-state index in [1.165, 1.54) is 12.8 Å². The Bertz CT molecular complexity index is 346. The molecule has 0 aromatic heterocycles. The van der Waals surface area contributed by atoms with Crippen LogP contribution in [0.25, 0.3) is 0 Å². The van der Waals surface area contributed by atoms with Gasteiger partial charge in [-0.05, 0) is 38.5 Å². The van der Waals surface area contributed by atoms with Crippen molar-refractivity contribution < 1.29 is 10.0 Å². The molecule has 5 nitrogen and oxygen atoms in total. The molecule has 1 unspecified atom stereocenters. The lowest BCUT2D eigenvalue weighted by atomic mass is 9.66. The van der Waals surface area contributed by atoms with Gasteiger partial charge < -0.3 is 15.8 Å². The summed E-state index contributed by atoms with van der Waals surface area (Å²) in [4.78, 5) is 14.3. The fourth-order valence-electron chi connectivity index (χ4n) is 2.62. The summed E-state index contributed by atoms with van der Waals surface area (Å²) in [6.07, 6.45) is 4.77. The van der Waals surface area contributed by atoms with Crippen molar-refractivity contribution in [2.75, 3.05) is 7.05 Å². The van der Waals surface area contributed by atoms with E-state index in [0.717, 1.165) is 6.42 Å². The highest BCUT2D eigenvalue weighted by atomic mass is 16.4. The first-order chi connectivity index (χ1) is 8.03. The summed E-state index contributed by atoms with van der Waals surface area (Å²) in [6.45, 7) is 2.08. The SMILES string of the molecule is CC(C1CC1)N(C)C(=O)C1(C(N)=NO)CCC1. The molecule has 0 heterocycles. The van der Waals surface area contributed by atoms with Crippen LogP contribution >= 0.6 is 0 Å². The van der Waals surface area contributed by atoms with Crippen LogP contribution in [0.1, 0.15) is 39.0 Å². The average Bonchev–Trinajstić information content (AvgIpc) is 3.08. The van der Waals surface area contributed by atoms with Crippen LogP contribution in [0.2, 0.25) is 0 Å². The van der Waals surface area contributed by atoms with Gasteiger partial charge in [0.05, 0.1) is 0 Å². The number of nitrogens with zero attached hydrogens (tertiary/aromatic N) is 2. The molecule has 2 saturated carbocycles. The number of nitrogens with two attached hydrogens (primary N) is 1. The second-order valence-corrected chi connectivity index (χ2v) is 5.41. The molecule has 1 amide bonds. The fraction of sp³-hybridized carbons (Fsp3) is 0.833. The maximum absolute atomic E-state index is 12.5. The highest BCUT2D eigenvalue weighted by molar-refractivity contribution is 6.07. The van der Waals surface area contributed by atoms with Crippen molar-refractivity contribution in [3.8, 4) is 0 Å². The quantitative estimate of drug-likeness (QED) is 0.334. The number of carbonyl (C=O) groups excluding carboxylic acids is 1. The van der Waals surface area contributed by atoms with E-state index in [1.54, 1.807) is 4.90 Å². The molecule has 1 atom stereocenters. The van der Waals surface area contributed by atoms with Crippen LogP contribution in [-0.2, 0) is 4.79 Å². The molecule has 0 spiro atoms. The molecule has 0 aliphatic heterocycles. The zero-order valence-electron chi connectivity index (χ0n) is 10.5. The minimum Gasteiger partial charge on any atom is -0.409 e. The Morgan fingerprint density at radius 2 is 2.12 bits per heavy atom. The van der Waals surface area contributed by atoms with Gasteiger partial charge in [-0.15, -0.1) is 0 Å². The second-order valence-electron chi connectivity index (χ2n) is 5.41. The van der Waals surface area contributed by atoms with Crippen molar-refractivity contribution >= 4 is 11.7 Å². The Kier molecular flexibility index (Phi) is 3.02. The highest BCUT2D eigenvalue weighted by Crippen LogP contribution is 2.44. The van der Waals surface area contributed by atoms with Crippen molar-refractivity contribution in [2.24, 2.45) is 22.2 Å². The average molecular weight is 239 g/mol. The summed E-state index contributed by atoms with van der Waals surface area (Å²) in [6, 6.07) is 0.256. The predicted octanol–water partition coefficient (Wildman–Crippen LogP) is 1.16. The number of hydrogen-bond acceptors (Lipinski definition) is 3. The number of amidine groups is 1. The molecule has 0 aromatic carbocycles. The summed E-state index contributed by atoms with van der Waals surface area (Å²) < 4.78 is 0. The van der Waals surface area contributed by atoms with Gasteiger partial charge in [-0.2, -0.15) is 0 Å². The van der Waals surface area contributed by atoms with Crippen LogP contribution in [0.15, 0.2) is 5.16 Å². The van der Waals surface area contributed by atoms with Crippen LogP contribution in [-0.4, -0.2) is 34.9 Å². The maximum Gasteiger partial charge on any atom is 0.236 e. The normalized spacial score (nSPS) is 24.9. The topological polar surface area (TPSA) is 78.9 Å². The number of rotatable bonds is 4. The van der Waals surface area contributed by atoms with E-state index >= 15 is 0 Å². The van der Waals surface area contributed by atoms with E-state index in [-0.39, 0.29) is 17.8 Å². The minimum atomic E-state index is -0.730. The largest absolute Gasteiger partial charge is 0.409 e. The Balaban J connectivity index is 2.11. The number of amides is 1. The summed E-state index contributed by atoms with van der Waals surface area (Å²) in [7, 11) is 1.83. The molecule has 0 saturated heterocycles. The Morgan fingerprint density at radius 1 is 1.53 bits per heavy atom. The van der Waals surface area contributed by atoms with Gasteiger partial charge in [0.2, 0.25) is 5.91 Å². The van der Waals surface area contributed by atoms with Gasteiger partial charge in [-0.3, -0.25) is 4.79 Å². The standard InChI is InChI=1S/C12H21N3O2/c1-8(9-4-5-9)15(2)11(16)12(6-3-7-12)10(13)14-17/h8-9,17H,3-7H2,1-2H3,(H2,13,14). The Hall–Kier alpha value is -1.26. The first-order valence-corrected chi connectivity index (χ1v) is 6.28. The molecular formula is C12H21N3O2. The third kappa shape index (κ3) is 1.87. The molecule has 0 radical (unpaired) electrons. The van der Waals surface area contributed by atoms with Gasteiger partial charge in [0, 0.05) is 13.1 Å². The molecular weight excluding hydrogens is 218 g/mol. The summed E-state index contributed by atoms with van der Waals surface area (Å²) in [5.41, 5.74) is 4.97. The zero-order chi connectivity index (χ0) is 12.6. The lowest BCUT2D eigenvalue weighted by Crippen LogP contribution is -2.56. The van der Waals surface area contributed by atoms with Crippen molar-refractivity contribution in [2.45, 2.75) is 45.1 Å². The lowest BCUT2D eigenvalue weighted by Gasteiger charge is -2.42. The van der Waals surface area contributed by atoms with Gasteiger partial charge in [-0.25, -0.2) is 0 Å². The first kappa shape index (κ1) is 12.2.